The van der Waals surface area contributed by atoms with Gasteiger partial charge in [-0.15, -0.1) is 5.10 Å². The largest absolute Gasteiger partial charge is 0.446 e. The van der Waals surface area contributed by atoms with Crippen LogP contribution in [0.5, 0.6) is 5.75 Å². The van der Waals surface area contributed by atoms with Gasteiger partial charge >= 0.3 is 10.1 Å². The lowest BCUT2D eigenvalue weighted by Crippen LogP contribution is -2.32. The minimum absolute atomic E-state index is 0.0295. The number of hydrogen-bond acceptors (Lipinski definition) is 10. The van der Waals surface area contributed by atoms with Gasteiger partial charge < -0.3 is 8.92 Å². The minimum Gasteiger partial charge on any atom is -0.446 e. The highest BCUT2D eigenvalue weighted by Gasteiger charge is 2.35. The van der Waals surface area contributed by atoms with Gasteiger partial charge in [-0.2, -0.15) is 13.4 Å². The number of rotatable bonds is 9. The lowest BCUT2D eigenvalue weighted by molar-refractivity contribution is -0.384. The number of hydrazone groups is 1. The Labute approximate surface area is 297 Å². The fraction of sp³-hybridized carbons (Fsp3) is 0.0526. The highest BCUT2D eigenvalue weighted by Crippen LogP contribution is 2.33. The molecule has 5 aromatic carbocycles. The van der Waals surface area contributed by atoms with E-state index in [0.29, 0.717) is 33.8 Å². The molecule has 13 nitrogen and oxygen atoms in total. The lowest BCUT2D eigenvalue weighted by Gasteiger charge is -2.19. The number of carbonyl (C=O) groups excluding carboxylic acids is 2. The molecule has 2 aliphatic heterocycles. The second-order valence-corrected chi connectivity index (χ2v) is 13.1. The Balaban J connectivity index is 1.13. The SMILES string of the molecule is CC(=O)N1N=C(c2ccc(N3C(=O)/C(=C/c4ccc(OS(=O)(=O)c5ccccc5)cc4)N=C3c3ccccc3)cc2)OC1c1ccc([N+](=O)[O-])cc1. The predicted molar refractivity (Wildman–Crippen MR) is 192 cm³/mol. The van der Waals surface area contributed by atoms with Gasteiger partial charge in [0.15, 0.2) is 0 Å². The summed E-state index contributed by atoms with van der Waals surface area (Å²) in [4.78, 5) is 43.2. The number of carbonyl (C=O) groups is 2. The van der Waals surface area contributed by atoms with Gasteiger partial charge in [-0.05, 0) is 72.3 Å². The van der Waals surface area contributed by atoms with Crippen molar-refractivity contribution in [1.82, 2.24) is 5.01 Å². The number of ether oxygens (including phenoxy) is 1. The Bertz CT molecular complexity index is 2380. The van der Waals surface area contributed by atoms with E-state index in [4.69, 9.17) is 13.9 Å². The summed E-state index contributed by atoms with van der Waals surface area (Å²) in [7, 11) is -4.02. The van der Waals surface area contributed by atoms with Gasteiger partial charge in [-0.1, -0.05) is 60.7 Å². The van der Waals surface area contributed by atoms with Crippen molar-refractivity contribution in [3.05, 3.63) is 172 Å². The standard InChI is InChI=1S/C38H27N5O8S/c1-25(44)42-38(29-16-20-31(21-17-29)43(46)47)50-36(40-42)28-14-18-30(19-15-28)41-35(27-8-4-2-5-9-27)39-34(37(41)45)24-26-12-22-32(23-13-26)51-52(48,49)33-10-6-3-7-11-33/h2-24,38H,1H3/b34-24-. The fourth-order valence-corrected chi connectivity index (χ4v) is 6.44. The maximum Gasteiger partial charge on any atom is 0.339 e. The summed E-state index contributed by atoms with van der Waals surface area (Å²) < 4.78 is 36.6. The number of nitro groups is 1. The number of nitrogens with zero attached hydrogens (tertiary/aromatic N) is 5. The number of anilines is 1. The van der Waals surface area contributed by atoms with Crippen molar-refractivity contribution in [2.75, 3.05) is 4.90 Å². The van der Waals surface area contributed by atoms with Crippen molar-refractivity contribution in [3.63, 3.8) is 0 Å². The van der Waals surface area contributed by atoms with E-state index in [1.165, 1.54) is 60.4 Å². The van der Waals surface area contributed by atoms with Crippen molar-refractivity contribution in [1.29, 1.82) is 0 Å². The number of amides is 2. The number of aliphatic imine (C=N–C) groups is 1. The van der Waals surface area contributed by atoms with Crippen molar-refractivity contribution < 1.29 is 31.9 Å². The predicted octanol–water partition coefficient (Wildman–Crippen LogP) is 6.44. The fourth-order valence-electron chi connectivity index (χ4n) is 5.49. The second-order valence-electron chi connectivity index (χ2n) is 11.5. The first-order valence-electron chi connectivity index (χ1n) is 15.8. The molecule has 0 spiro atoms. The van der Waals surface area contributed by atoms with Gasteiger partial charge in [0.05, 0.1) is 10.6 Å². The summed E-state index contributed by atoms with van der Waals surface area (Å²) in [5.74, 6) is -0.123. The Morgan fingerprint density at radius 2 is 1.48 bits per heavy atom. The molecule has 5 aromatic rings. The topological polar surface area (TPSA) is 161 Å². The van der Waals surface area contributed by atoms with Gasteiger partial charge in [-0.25, -0.2) is 4.99 Å². The van der Waals surface area contributed by atoms with Crippen molar-refractivity contribution in [2.24, 2.45) is 10.1 Å². The van der Waals surface area contributed by atoms with E-state index in [1.54, 1.807) is 60.7 Å². The van der Waals surface area contributed by atoms with Crippen LogP contribution in [0.4, 0.5) is 11.4 Å². The van der Waals surface area contributed by atoms with E-state index < -0.39 is 27.2 Å². The average Bonchev–Trinajstić information content (AvgIpc) is 3.75. The van der Waals surface area contributed by atoms with Crippen LogP contribution in [0.3, 0.4) is 0 Å². The van der Waals surface area contributed by atoms with Gasteiger partial charge in [0.1, 0.15) is 22.2 Å². The van der Waals surface area contributed by atoms with E-state index in [-0.39, 0.29) is 33.8 Å². The number of non-ortho nitro benzene ring substituents is 1. The van der Waals surface area contributed by atoms with E-state index in [1.807, 2.05) is 30.3 Å². The van der Waals surface area contributed by atoms with Crippen molar-refractivity contribution >= 4 is 51.1 Å². The molecule has 0 fully saturated rings. The molecule has 0 N–H and O–H groups in total. The molecule has 0 bridgehead atoms. The Morgan fingerprint density at radius 3 is 2.10 bits per heavy atom. The van der Waals surface area contributed by atoms with Crippen LogP contribution in [0.1, 0.15) is 35.4 Å². The highest BCUT2D eigenvalue weighted by atomic mass is 32.2. The summed E-state index contributed by atoms with van der Waals surface area (Å²) in [6.07, 6.45) is 0.678. The lowest BCUT2D eigenvalue weighted by atomic mass is 10.1. The molecule has 2 aliphatic rings. The van der Waals surface area contributed by atoms with Crippen LogP contribution in [0.25, 0.3) is 6.08 Å². The van der Waals surface area contributed by atoms with Gasteiger partial charge in [0.2, 0.25) is 18.0 Å². The summed E-state index contributed by atoms with van der Waals surface area (Å²) in [6.45, 7) is 1.34. The highest BCUT2D eigenvalue weighted by molar-refractivity contribution is 7.87. The molecule has 0 aromatic heterocycles. The molecule has 0 aliphatic carbocycles. The van der Waals surface area contributed by atoms with Gasteiger partial charge in [0, 0.05) is 35.7 Å². The molecule has 0 radical (unpaired) electrons. The van der Waals surface area contributed by atoms with Crippen LogP contribution in [-0.2, 0) is 24.4 Å². The van der Waals surface area contributed by atoms with Crippen LogP contribution >= 0.6 is 0 Å². The molecule has 258 valence electrons. The molecule has 52 heavy (non-hydrogen) atoms. The molecule has 2 heterocycles. The first-order valence-corrected chi connectivity index (χ1v) is 17.2. The van der Waals surface area contributed by atoms with Gasteiger partial charge in [-0.3, -0.25) is 24.6 Å². The quantitative estimate of drug-likeness (QED) is 0.0730. The van der Waals surface area contributed by atoms with Crippen LogP contribution < -0.4 is 9.08 Å². The maximum absolute atomic E-state index is 13.9. The Kier molecular flexibility index (Phi) is 8.88. The second kappa shape index (κ2) is 13.8. The normalized spacial score (nSPS) is 16.4. The molecular weight excluding hydrogens is 687 g/mol. The van der Waals surface area contributed by atoms with Crippen LogP contribution in [0.2, 0.25) is 0 Å². The smallest absolute Gasteiger partial charge is 0.339 e. The summed E-state index contributed by atoms with van der Waals surface area (Å²) >= 11 is 0. The minimum atomic E-state index is -4.02. The first-order chi connectivity index (χ1) is 25.1. The number of nitro benzene ring substituents is 1. The Hall–Kier alpha value is -6.93. The summed E-state index contributed by atoms with van der Waals surface area (Å²) in [5.41, 5.74) is 2.88. The van der Waals surface area contributed by atoms with Crippen LogP contribution in [-0.4, -0.2) is 41.9 Å². The third-order valence-corrected chi connectivity index (χ3v) is 9.30. The van der Waals surface area contributed by atoms with E-state index in [2.05, 4.69) is 5.10 Å². The molecule has 1 atom stereocenters. The first kappa shape index (κ1) is 33.6. The summed E-state index contributed by atoms with van der Waals surface area (Å²) in [6, 6.07) is 35.7. The zero-order valence-electron chi connectivity index (χ0n) is 27.3. The maximum atomic E-state index is 13.9. The van der Waals surface area contributed by atoms with Crippen molar-refractivity contribution in [3.8, 4) is 5.75 Å². The molecular formula is C38H27N5O8S. The molecule has 1 unspecified atom stereocenters. The number of benzene rings is 5. The summed E-state index contributed by atoms with van der Waals surface area (Å²) in [5, 5.41) is 16.6. The van der Waals surface area contributed by atoms with E-state index in [9.17, 15) is 28.1 Å². The van der Waals surface area contributed by atoms with Crippen molar-refractivity contribution in [2.45, 2.75) is 18.0 Å². The van der Waals surface area contributed by atoms with E-state index in [0.717, 1.165) is 5.01 Å². The third kappa shape index (κ3) is 6.78. The Morgan fingerprint density at radius 1 is 0.846 bits per heavy atom. The molecule has 0 saturated heterocycles. The third-order valence-electron chi connectivity index (χ3n) is 8.04. The number of amidine groups is 1. The zero-order valence-corrected chi connectivity index (χ0v) is 28.1. The zero-order chi connectivity index (χ0) is 36.4. The molecule has 2 amide bonds. The van der Waals surface area contributed by atoms with Gasteiger partial charge in [0.25, 0.3) is 11.6 Å². The number of hydrogen-bond donors (Lipinski definition) is 0. The van der Waals surface area contributed by atoms with Crippen LogP contribution in [0, 0.1) is 10.1 Å². The van der Waals surface area contributed by atoms with Crippen LogP contribution in [0.15, 0.2) is 154 Å². The monoisotopic (exact) mass is 713 g/mol. The average molecular weight is 714 g/mol. The molecule has 14 heteroatoms. The molecule has 0 saturated carbocycles. The van der Waals surface area contributed by atoms with E-state index >= 15 is 0 Å². The molecule has 7 rings (SSSR count).